The Hall–Kier alpha value is -2.03. The van der Waals surface area contributed by atoms with Gasteiger partial charge in [0.15, 0.2) is 0 Å². The highest BCUT2D eigenvalue weighted by molar-refractivity contribution is 5.71. The van der Waals surface area contributed by atoms with Gasteiger partial charge in [-0.25, -0.2) is 0 Å². The van der Waals surface area contributed by atoms with Gasteiger partial charge >= 0.3 is 0 Å². The van der Waals surface area contributed by atoms with Crippen molar-refractivity contribution in [2.75, 3.05) is 7.11 Å². The largest absolute Gasteiger partial charge is 0.506 e. The third kappa shape index (κ3) is 2.09. The summed E-state index contributed by atoms with van der Waals surface area (Å²) in [4.78, 5) is 4.22. The van der Waals surface area contributed by atoms with Crippen molar-refractivity contribution in [1.29, 1.82) is 0 Å². The Morgan fingerprint density at radius 2 is 1.94 bits per heavy atom. The molecule has 1 aromatic carbocycles. The highest BCUT2D eigenvalue weighted by Gasteiger charge is 2.10. The van der Waals surface area contributed by atoms with Gasteiger partial charge in [-0.15, -0.1) is 0 Å². The van der Waals surface area contributed by atoms with Crippen molar-refractivity contribution >= 4 is 0 Å². The van der Waals surface area contributed by atoms with Gasteiger partial charge in [-0.05, 0) is 49.2 Å². The fraction of sp³-hybridized carbons (Fsp3) is 0.214. The number of aromatic nitrogens is 1. The zero-order valence-electron chi connectivity index (χ0n) is 10.2. The maximum atomic E-state index is 9.81. The van der Waals surface area contributed by atoms with Gasteiger partial charge in [-0.2, -0.15) is 0 Å². The number of aryl methyl sites for hydroxylation is 2. The van der Waals surface area contributed by atoms with Gasteiger partial charge in [0.1, 0.15) is 17.2 Å². The van der Waals surface area contributed by atoms with E-state index in [9.17, 15) is 5.11 Å². The Morgan fingerprint density at radius 3 is 2.59 bits per heavy atom. The summed E-state index contributed by atoms with van der Waals surface area (Å²) in [6.45, 7) is 3.95. The summed E-state index contributed by atoms with van der Waals surface area (Å²) >= 11 is 0. The lowest BCUT2D eigenvalue weighted by molar-refractivity contribution is 0.411. The summed E-state index contributed by atoms with van der Waals surface area (Å²) in [7, 11) is 1.65. The minimum Gasteiger partial charge on any atom is -0.506 e. The standard InChI is InChI=1S/C14H15NO2/c1-9-8-13(17-3)10(2)7-11(9)14-12(16)5-4-6-15-14/h4-8,16H,1-3H3. The minimum atomic E-state index is 0.195. The molecule has 1 heterocycles. The van der Waals surface area contributed by atoms with Crippen molar-refractivity contribution in [3.63, 3.8) is 0 Å². The molecule has 0 aliphatic rings. The van der Waals surface area contributed by atoms with Gasteiger partial charge in [-0.3, -0.25) is 4.98 Å². The normalized spacial score (nSPS) is 10.3. The highest BCUT2D eigenvalue weighted by atomic mass is 16.5. The fourth-order valence-corrected chi connectivity index (χ4v) is 1.87. The van der Waals surface area contributed by atoms with E-state index >= 15 is 0 Å². The van der Waals surface area contributed by atoms with Gasteiger partial charge < -0.3 is 9.84 Å². The SMILES string of the molecule is COc1cc(C)c(-c2ncccc2O)cc1C. The molecular weight excluding hydrogens is 214 g/mol. The minimum absolute atomic E-state index is 0.195. The number of methoxy groups -OCH3 is 1. The molecule has 0 bridgehead atoms. The van der Waals surface area contributed by atoms with Crippen LogP contribution in [-0.2, 0) is 0 Å². The summed E-state index contributed by atoms with van der Waals surface area (Å²) < 4.78 is 5.26. The maximum Gasteiger partial charge on any atom is 0.141 e. The highest BCUT2D eigenvalue weighted by Crippen LogP contribution is 2.33. The van der Waals surface area contributed by atoms with Crippen molar-refractivity contribution < 1.29 is 9.84 Å². The lowest BCUT2D eigenvalue weighted by atomic mass is 10.0. The Morgan fingerprint density at radius 1 is 1.18 bits per heavy atom. The number of hydrogen-bond donors (Lipinski definition) is 1. The van der Waals surface area contributed by atoms with Crippen LogP contribution < -0.4 is 4.74 Å². The molecule has 17 heavy (non-hydrogen) atoms. The number of benzene rings is 1. The van der Waals surface area contributed by atoms with Crippen LogP contribution in [0.3, 0.4) is 0 Å². The summed E-state index contributed by atoms with van der Waals surface area (Å²) in [6.07, 6.45) is 1.67. The third-order valence-corrected chi connectivity index (χ3v) is 2.78. The molecule has 0 fully saturated rings. The zero-order chi connectivity index (χ0) is 12.4. The van der Waals surface area contributed by atoms with Crippen LogP contribution in [0.1, 0.15) is 11.1 Å². The molecule has 88 valence electrons. The van der Waals surface area contributed by atoms with Crippen molar-refractivity contribution in [3.05, 3.63) is 41.6 Å². The van der Waals surface area contributed by atoms with Gasteiger partial charge in [-0.1, -0.05) is 0 Å². The molecule has 0 amide bonds. The molecular formula is C14H15NO2. The molecule has 1 N–H and O–H groups in total. The summed E-state index contributed by atoms with van der Waals surface area (Å²) in [5, 5.41) is 9.81. The van der Waals surface area contributed by atoms with Crippen LogP contribution in [0.4, 0.5) is 0 Å². The molecule has 2 rings (SSSR count). The topological polar surface area (TPSA) is 42.4 Å². The second-order valence-corrected chi connectivity index (χ2v) is 4.01. The molecule has 0 saturated heterocycles. The molecule has 0 aliphatic carbocycles. The first kappa shape index (κ1) is 11.5. The van der Waals surface area contributed by atoms with E-state index < -0.39 is 0 Å². The first-order valence-electron chi connectivity index (χ1n) is 5.43. The Balaban J connectivity index is 2.61. The van der Waals surface area contributed by atoms with Crippen LogP contribution in [0, 0.1) is 13.8 Å². The van der Waals surface area contributed by atoms with Gasteiger partial charge in [0.2, 0.25) is 0 Å². The van der Waals surface area contributed by atoms with E-state index in [1.54, 1.807) is 25.4 Å². The van der Waals surface area contributed by atoms with Crippen molar-refractivity contribution in [3.8, 4) is 22.8 Å². The number of pyridine rings is 1. The van der Waals surface area contributed by atoms with E-state index in [1.165, 1.54) is 0 Å². The van der Waals surface area contributed by atoms with E-state index in [4.69, 9.17) is 4.74 Å². The summed E-state index contributed by atoms with van der Waals surface area (Å²) in [5.41, 5.74) is 3.59. The van der Waals surface area contributed by atoms with E-state index in [-0.39, 0.29) is 5.75 Å². The monoisotopic (exact) mass is 229 g/mol. The molecule has 0 atom stereocenters. The average molecular weight is 229 g/mol. The zero-order valence-corrected chi connectivity index (χ0v) is 10.2. The molecule has 0 aliphatic heterocycles. The summed E-state index contributed by atoms with van der Waals surface area (Å²) in [6, 6.07) is 7.29. The maximum absolute atomic E-state index is 9.81. The van der Waals surface area contributed by atoms with Crippen LogP contribution >= 0.6 is 0 Å². The molecule has 0 spiro atoms. The van der Waals surface area contributed by atoms with E-state index in [2.05, 4.69) is 4.98 Å². The second-order valence-electron chi connectivity index (χ2n) is 4.01. The Bertz CT molecular complexity index is 550. The quantitative estimate of drug-likeness (QED) is 0.860. The van der Waals surface area contributed by atoms with Crippen molar-refractivity contribution in [2.45, 2.75) is 13.8 Å². The lowest BCUT2D eigenvalue weighted by Crippen LogP contribution is -1.93. The van der Waals surface area contributed by atoms with Crippen LogP contribution in [0.5, 0.6) is 11.5 Å². The van der Waals surface area contributed by atoms with E-state index in [0.717, 1.165) is 22.4 Å². The van der Waals surface area contributed by atoms with Gasteiger partial charge in [0, 0.05) is 11.8 Å². The third-order valence-electron chi connectivity index (χ3n) is 2.78. The summed E-state index contributed by atoms with van der Waals surface area (Å²) in [5.74, 6) is 1.04. The molecule has 0 unspecified atom stereocenters. The smallest absolute Gasteiger partial charge is 0.141 e. The number of ether oxygens (including phenoxy) is 1. The Kier molecular flexibility index (Phi) is 3.00. The van der Waals surface area contributed by atoms with Crippen LogP contribution in [0.25, 0.3) is 11.3 Å². The molecule has 3 heteroatoms. The van der Waals surface area contributed by atoms with E-state index in [0.29, 0.717) is 5.69 Å². The van der Waals surface area contributed by atoms with E-state index in [1.807, 2.05) is 26.0 Å². The predicted molar refractivity (Wildman–Crippen MR) is 67.4 cm³/mol. The van der Waals surface area contributed by atoms with Gasteiger partial charge in [0.05, 0.1) is 7.11 Å². The van der Waals surface area contributed by atoms with Crippen LogP contribution in [-0.4, -0.2) is 17.2 Å². The molecule has 3 nitrogen and oxygen atoms in total. The molecule has 2 aromatic rings. The fourth-order valence-electron chi connectivity index (χ4n) is 1.87. The first-order valence-corrected chi connectivity index (χ1v) is 5.43. The number of nitrogens with zero attached hydrogens (tertiary/aromatic N) is 1. The number of rotatable bonds is 2. The van der Waals surface area contributed by atoms with Crippen LogP contribution in [0.15, 0.2) is 30.5 Å². The average Bonchev–Trinajstić information content (AvgIpc) is 2.32. The van der Waals surface area contributed by atoms with Gasteiger partial charge in [0.25, 0.3) is 0 Å². The lowest BCUT2D eigenvalue weighted by Gasteiger charge is -2.11. The van der Waals surface area contributed by atoms with Crippen molar-refractivity contribution in [1.82, 2.24) is 4.98 Å². The number of aromatic hydroxyl groups is 1. The molecule has 0 saturated carbocycles. The predicted octanol–water partition coefficient (Wildman–Crippen LogP) is 3.08. The van der Waals surface area contributed by atoms with Crippen molar-refractivity contribution in [2.24, 2.45) is 0 Å². The van der Waals surface area contributed by atoms with Crippen LogP contribution in [0.2, 0.25) is 0 Å². The first-order chi connectivity index (χ1) is 8.13. The molecule has 0 radical (unpaired) electrons. The molecule has 1 aromatic heterocycles. The number of hydrogen-bond acceptors (Lipinski definition) is 3. The second kappa shape index (κ2) is 4.45. The Labute approximate surface area is 101 Å².